The number of nitrogens with one attached hydrogen (secondary N) is 5. The first-order chi connectivity index (χ1) is 42.8. The molecule has 30 heteroatoms. The van der Waals surface area contributed by atoms with Crippen LogP contribution in [0, 0.1) is 17.8 Å². The van der Waals surface area contributed by atoms with Crippen molar-refractivity contribution in [3.63, 3.8) is 0 Å². The van der Waals surface area contributed by atoms with Gasteiger partial charge in [-0.3, -0.25) is 34.6 Å². The van der Waals surface area contributed by atoms with Crippen molar-refractivity contribution in [1.82, 2.24) is 26.2 Å². The van der Waals surface area contributed by atoms with Crippen molar-refractivity contribution in [2.45, 2.75) is 158 Å². The van der Waals surface area contributed by atoms with Gasteiger partial charge in [-0.15, -0.1) is 0 Å². The molecule has 7 amide bonds. The summed E-state index contributed by atoms with van der Waals surface area (Å²) in [6.45, 7) is 10.1. The third kappa shape index (κ3) is 20.1. The number of alkyl halides is 2. The highest BCUT2D eigenvalue weighted by molar-refractivity contribution is 9.09. The highest BCUT2D eigenvalue weighted by Crippen LogP contribution is 2.49. The lowest BCUT2D eigenvalue weighted by Gasteiger charge is -2.42. The van der Waals surface area contributed by atoms with Crippen LogP contribution in [0.1, 0.15) is 102 Å². The van der Waals surface area contributed by atoms with E-state index in [1.165, 1.54) is 52.3 Å². The molecule has 0 aromatic heterocycles. The number of fused-ring (bicyclic) bond motifs is 5. The summed E-state index contributed by atoms with van der Waals surface area (Å²) in [6, 6.07) is 1.41. The third-order valence-electron chi connectivity index (χ3n) is 16.3. The van der Waals surface area contributed by atoms with Crippen LogP contribution in [-0.4, -0.2) is 191 Å². The fourth-order valence-electron chi connectivity index (χ4n) is 10.6. The first-order valence-corrected chi connectivity index (χ1v) is 34.1. The summed E-state index contributed by atoms with van der Waals surface area (Å²) >= 11 is 13.4. The molecule has 3 aliphatic heterocycles. The van der Waals surface area contributed by atoms with E-state index in [1.54, 1.807) is 58.1 Å². The van der Waals surface area contributed by atoms with E-state index in [0.29, 0.717) is 41.8 Å². The molecule has 3 aliphatic rings. The molecule has 504 valence electrons. The number of amides is 7. The maximum absolute atomic E-state index is 14.6. The Hall–Kier alpha value is -6.21. The second-order valence-electron chi connectivity index (χ2n) is 23.6. The molecule has 0 aliphatic carbocycles. The summed E-state index contributed by atoms with van der Waals surface area (Å²) in [4.78, 5) is 123. The minimum Gasteiger partial charge on any atom is -0.495 e. The Bertz CT molecular complexity index is 3170. The number of methoxy groups -OCH3 is 2. The molecule has 3 heterocycles. The number of allylic oxidation sites excluding steroid dienone is 3. The van der Waals surface area contributed by atoms with E-state index in [1.807, 2.05) is 6.92 Å². The molecule has 91 heavy (non-hydrogen) atoms. The van der Waals surface area contributed by atoms with Gasteiger partial charge in [0.25, 0.3) is 5.91 Å². The number of alkyl carbamates (subject to hydrolysis) is 1. The second kappa shape index (κ2) is 33.6. The fraction of sp³-hybridized carbons (Fsp3) is 0.590. The van der Waals surface area contributed by atoms with Crippen LogP contribution >= 0.6 is 43.5 Å². The van der Waals surface area contributed by atoms with E-state index in [-0.39, 0.29) is 78.4 Å². The number of carbonyl (C=O) groups excluding carboxylic acids is 9. The van der Waals surface area contributed by atoms with Gasteiger partial charge in [-0.2, -0.15) is 0 Å². The summed E-state index contributed by atoms with van der Waals surface area (Å²) in [5, 5.41) is 26.1. The Labute approximate surface area is 552 Å². The number of anilines is 2. The Balaban J connectivity index is 1.39. The Morgan fingerprint density at radius 2 is 1.71 bits per heavy atom. The molecular formula is C61H85Br2ClN8O18S. The highest BCUT2D eigenvalue weighted by atomic mass is 79.9. The molecule has 5 rings (SSSR count). The van der Waals surface area contributed by atoms with Gasteiger partial charge in [0.2, 0.25) is 17.7 Å². The van der Waals surface area contributed by atoms with Crippen molar-refractivity contribution in [1.29, 1.82) is 0 Å². The first-order valence-electron chi connectivity index (χ1n) is 29.6. The number of likely N-dealkylation sites (N-methyl/N-ethyl adjacent to an activating group) is 1. The number of esters is 2. The van der Waals surface area contributed by atoms with E-state index >= 15 is 0 Å². The zero-order chi connectivity index (χ0) is 67.9. The van der Waals surface area contributed by atoms with Gasteiger partial charge in [-0.25, -0.2) is 22.8 Å². The standard InChI is InChI=1S/C61H85Br2ClN8O18S/c1-33(2)51(67-40(32-73)17-12-13-23-87-57(79)39(30-62)31-63)54(76)69-42(18-15-22-66-58(65)80)53(75)68-41-21-20-38(27-46(41)91(11,83)84)55(77)71(7)36(5)56(78)89-48-28-49(74)72(8)43-25-37(26-44(85-9)50(43)64)24-34(3)16-14-19-47(86-10)61(82)29-45(88-59(81)70-61)35(4)52-60(48,6)90-52/h14,16,19-21,25-27,32-33,35-36,39-40,42,45,47-48,51-52,67,82H,12-13,15,17-18,22-24,28-31H2,1-11H3,(H,68,75)(H,69,76)(H,70,81)(H3,65,66,80)/b19-14+,34-16+/t35-,36+,40?,42+,45+,47-,48+,51+,52+,60+,61+/m1/s1. The number of aldehydes is 1. The second-order valence-corrected chi connectivity index (χ2v) is 27.2. The number of aliphatic hydroxyl groups is 1. The molecular weight excluding hydrogens is 1360 g/mol. The van der Waals surface area contributed by atoms with E-state index in [4.69, 9.17) is 45.8 Å². The number of halogens is 3. The van der Waals surface area contributed by atoms with Crippen LogP contribution in [0.4, 0.5) is 21.0 Å². The molecule has 11 atom stereocenters. The topological polar surface area (TPSA) is 359 Å². The van der Waals surface area contributed by atoms with Crippen LogP contribution in [-0.2, 0) is 68.7 Å². The average molecular weight is 1450 g/mol. The largest absolute Gasteiger partial charge is 0.495 e. The lowest BCUT2D eigenvalue weighted by molar-refractivity contribution is -0.158. The number of carbonyl (C=O) groups is 9. The zero-order valence-corrected chi connectivity index (χ0v) is 57.7. The van der Waals surface area contributed by atoms with Gasteiger partial charge in [-0.1, -0.05) is 88.0 Å². The summed E-state index contributed by atoms with van der Waals surface area (Å²) < 4.78 is 61.9. The number of epoxide rings is 1. The lowest BCUT2D eigenvalue weighted by atomic mass is 9.83. The number of benzene rings is 2. The molecule has 0 radical (unpaired) electrons. The molecule has 4 bridgehead atoms. The molecule has 26 nitrogen and oxygen atoms in total. The van der Waals surface area contributed by atoms with Gasteiger partial charge in [0.15, 0.2) is 15.6 Å². The smallest absolute Gasteiger partial charge is 0.409 e. The van der Waals surface area contributed by atoms with Crippen LogP contribution in [0.3, 0.4) is 0 Å². The quantitative estimate of drug-likeness (QED) is 0.0147. The van der Waals surface area contributed by atoms with Crippen molar-refractivity contribution in [3.8, 4) is 5.75 Å². The number of unbranched alkanes of at least 4 members (excludes halogenated alkanes) is 1. The molecule has 0 spiro atoms. The van der Waals surface area contributed by atoms with Crippen molar-refractivity contribution >= 4 is 119 Å². The van der Waals surface area contributed by atoms with Gasteiger partial charge in [-0.05, 0) is 101 Å². The van der Waals surface area contributed by atoms with Crippen LogP contribution < -0.4 is 42.0 Å². The predicted octanol–water partition coefficient (Wildman–Crippen LogP) is 5.40. The van der Waals surface area contributed by atoms with Gasteiger partial charge < -0.3 is 69.8 Å². The minimum atomic E-state index is -4.27. The molecule has 2 fully saturated rings. The monoisotopic (exact) mass is 1440 g/mol. The van der Waals surface area contributed by atoms with E-state index in [9.17, 15) is 56.7 Å². The van der Waals surface area contributed by atoms with Crippen LogP contribution in [0.25, 0.3) is 0 Å². The van der Waals surface area contributed by atoms with Crippen LogP contribution in [0.2, 0.25) is 5.02 Å². The van der Waals surface area contributed by atoms with Crippen molar-refractivity contribution in [2.24, 2.45) is 23.5 Å². The normalized spacial score (nSPS) is 24.1. The maximum atomic E-state index is 14.6. The number of hydrogen-bond donors (Lipinski definition) is 7. The Morgan fingerprint density at radius 3 is 2.33 bits per heavy atom. The number of rotatable bonds is 27. The summed E-state index contributed by atoms with van der Waals surface area (Å²) in [7, 11) is 1.30. The van der Waals surface area contributed by atoms with Crippen molar-refractivity contribution in [3.05, 3.63) is 70.3 Å². The minimum absolute atomic E-state index is 0.000154. The fourth-order valence-corrected chi connectivity index (χ4v) is 13.4. The van der Waals surface area contributed by atoms with Gasteiger partial charge >= 0.3 is 24.1 Å². The molecule has 1 unspecified atom stereocenters. The summed E-state index contributed by atoms with van der Waals surface area (Å²) in [5.74, 6) is -5.59. The Kier molecular flexibility index (Phi) is 27.9. The summed E-state index contributed by atoms with van der Waals surface area (Å²) in [6.07, 6.45) is 2.28. The number of hydrogen-bond acceptors (Lipinski definition) is 19. The SMILES string of the molecule is COc1cc2cc(c1Cl)N(C)C(=O)C[C@H](OC(=O)[C@H](C)N(C)C(=O)c1ccc(NC(=O)[C@H](CCCNC(N)=O)NC(=O)[C@@H](NC(C=O)CCCCOC(=O)C(CBr)CBr)C(C)C)c(S(C)(=O)=O)c1)[C@]1(C)O[C@H]1[C@H](C)[C@@H]1C[C@@](O)(NC(=O)O1)[C@H](OC)/C=C/C=C(\C)C2. The number of nitrogens with two attached hydrogens (primary N) is 1. The third-order valence-corrected chi connectivity index (χ3v) is 19.4. The van der Waals surface area contributed by atoms with Gasteiger partial charge in [0, 0.05) is 62.6 Å². The maximum Gasteiger partial charge on any atom is 0.409 e. The number of nitrogens with zero attached hydrogens (tertiary/aromatic N) is 2. The molecule has 8 N–H and O–H groups in total. The van der Waals surface area contributed by atoms with Gasteiger partial charge in [0.05, 0.1) is 60.5 Å². The lowest BCUT2D eigenvalue weighted by Crippen LogP contribution is -2.63. The van der Waals surface area contributed by atoms with E-state index < -0.39 is 135 Å². The Morgan fingerprint density at radius 1 is 1.02 bits per heavy atom. The molecule has 2 aromatic rings. The van der Waals surface area contributed by atoms with Crippen LogP contribution in [0.5, 0.6) is 5.75 Å². The van der Waals surface area contributed by atoms with E-state index in [2.05, 4.69) is 58.4 Å². The first kappa shape index (κ1) is 75.5. The molecule has 2 saturated heterocycles. The number of urea groups is 1. The predicted molar refractivity (Wildman–Crippen MR) is 345 cm³/mol. The van der Waals surface area contributed by atoms with Crippen LogP contribution in [0.15, 0.2) is 59.0 Å². The average Bonchev–Trinajstić information content (AvgIpc) is 1.58. The number of primary amides is 1. The molecule has 0 saturated carbocycles. The van der Waals surface area contributed by atoms with Crippen molar-refractivity contribution in [2.75, 3.05) is 68.6 Å². The van der Waals surface area contributed by atoms with Crippen molar-refractivity contribution < 1.29 is 85.1 Å². The highest BCUT2D eigenvalue weighted by Gasteiger charge is 2.64. The van der Waals surface area contributed by atoms with E-state index in [0.717, 1.165) is 22.8 Å². The molecule has 2 aromatic carbocycles. The number of sulfone groups is 1. The van der Waals surface area contributed by atoms with Gasteiger partial charge in [0.1, 0.15) is 53.1 Å². The summed E-state index contributed by atoms with van der Waals surface area (Å²) in [5.41, 5.74) is 3.18. The number of ether oxygens (including phenoxy) is 6. The zero-order valence-electron chi connectivity index (χ0n) is 52.9.